The summed E-state index contributed by atoms with van der Waals surface area (Å²) in [5.74, 6) is -0.542. The molecule has 0 amide bonds. The molecule has 0 N–H and O–H groups in total. The molecular weight excluding hydrogens is 366 g/mol. The zero-order chi connectivity index (χ0) is 22.4. The summed E-state index contributed by atoms with van der Waals surface area (Å²) in [6.45, 7) is 5.06. The van der Waals surface area contributed by atoms with Crippen molar-refractivity contribution in [3.63, 3.8) is 0 Å². The van der Waals surface area contributed by atoms with Crippen LogP contribution in [0.2, 0.25) is 0 Å². The van der Waals surface area contributed by atoms with Crippen molar-refractivity contribution in [1.82, 2.24) is 4.67 Å². The minimum absolute atomic E-state index is 0.0131. The SMILES string of the molecule is [2H]C([2H])(CSCC([2H])([2H])P(=O)(OC)OC)N(CCC#N)P(=O)(C(C)C)C(C)C. The molecule has 0 aromatic heterocycles. The molecule has 0 bridgehead atoms. The molecule has 6 nitrogen and oxygen atoms in total. The monoisotopic (exact) mass is 402 g/mol. The number of thioether (sulfide) groups is 1. The minimum atomic E-state index is -3.99. The van der Waals surface area contributed by atoms with E-state index in [2.05, 4.69) is 0 Å². The smallest absolute Gasteiger partial charge is 0.312 e. The van der Waals surface area contributed by atoms with Gasteiger partial charge in [-0.2, -0.15) is 17.0 Å². The number of hydrogen-bond donors (Lipinski definition) is 0. The third-order valence-corrected chi connectivity index (χ3v) is 9.94. The highest BCUT2D eigenvalue weighted by molar-refractivity contribution is 7.99. The molecule has 0 aliphatic carbocycles. The molecule has 0 radical (unpaired) electrons. The van der Waals surface area contributed by atoms with Crippen LogP contribution in [0.15, 0.2) is 0 Å². The fourth-order valence-electron chi connectivity index (χ4n) is 2.16. The fourth-order valence-corrected chi connectivity index (χ4v) is 7.02. The third-order valence-electron chi connectivity index (χ3n) is 3.48. The summed E-state index contributed by atoms with van der Waals surface area (Å²) in [6.07, 6.45) is -2.29. The van der Waals surface area contributed by atoms with Gasteiger partial charge >= 0.3 is 7.60 Å². The van der Waals surface area contributed by atoms with Crippen molar-refractivity contribution in [3.05, 3.63) is 0 Å². The highest BCUT2D eigenvalue weighted by Gasteiger charge is 2.36. The number of nitrogens with zero attached hydrogens (tertiary/aromatic N) is 2. The summed E-state index contributed by atoms with van der Waals surface area (Å²) in [6, 6.07) is 1.97. The van der Waals surface area contributed by atoms with Gasteiger partial charge in [0.1, 0.15) is 0 Å². The molecule has 0 aromatic rings. The Hall–Kier alpha value is 0.180. The maximum Gasteiger partial charge on any atom is 0.330 e. The van der Waals surface area contributed by atoms with Gasteiger partial charge in [0.05, 0.1) is 12.2 Å². The van der Waals surface area contributed by atoms with E-state index in [1.54, 1.807) is 27.7 Å². The Morgan fingerprint density at radius 2 is 1.71 bits per heavy atom. The predicted octanol–water partition coefficient (Wildman–Crippen LogP) is 4.52. The lowest BCUT2D eigenvalue weighted by Gasteiger charge is -2.37. The van der Waals surface area contributed by atoms with Crippen LogP contribution in [0.3, 0.4) is 0 Å². The third kappa shape index (κ3) is 7.20. The van der Waals surface area contributed by atoms with E-state index >= 15 is 0 Å². The summed E-state index contributed by atoms with van der Waals surface area (Å²) < 4.78 is 69.6. The molecule has 24 heavy (non-hydrogen) atoms. The molecule has 0 rings (SSSR count). The molecule has 0 aliphatic rings. The Morgan fingerprint density at radius 3 is 2.12 bits per heavy atom. The van der Waals surface area contributed by atoms with Crippen LogP contribution in [0.4, 0.5) is 0 Å². The summed E-state index contributed by atoms with van der Waals surface area (Å²) >= 11 is 0.898. The highest BCUT2D eigenvalue weighted by atomic mass is 32.2. The van der Waals surface area contributed by atoms with Crippen molar-refractivity contribution in [2.24, 2.45) is 0 Å². The van der Waals surface area contributed by atoms with Crippen molar-refractivity contribution < 1.29 is 23.7 Å². The Labute approximate surface area is 157 Å². The highest BCUT2D eigenvalue weighted by Crippen LogP contribution is 2.58. The van der Waals surface area contributed by atoms with Gasteiger partial charge in [0.25, 0.3) is 0 Å². The van der Waals surface area contributed by atoms with E-state index in [1.807, 2.05) is 6.07 Å². The normalized spacial score (nSPS) is 16.7. The largest absolute Gasteiger partial charge is 0.330 e. The van der Waals surface area contributed by atoms with Gasteiger partial charge in [-0.1, -0.05) is 27.7 Å². The summed E-state index contributed by atoms with van der Waals surface area (Å²) in [7, 11) is -4.96. The van der Waals surface area contributed by atoms with Gasteiger partial charge in [-0.3, -0.25) is 9.24 Å². The Morgan fingerprint density at radius 1 is 1.17 bits per heavy atom. The van der Waals surface area contributed by atoms with Crippen LogP contribution in [-0.4, -0.2) is 60.9 Å². The quantitative estimate of drug-likeness (QED) is 0.419. The number of rotatable bonds is 13. The molecule has 9 heteroatoms. The standard InChI is InChI=1S/C15H32N2O4P2S/c1-14(2)23(19,15(3)4)17(9-7-8-16)10-12-24-13-11-22(18,20-5)21-6/h14-15H,7,9-13H2,1-6H3/i10D2,11D2. The zero-order valence-corrected chi connectivity index (χ0v) is 17.9. The molecular formula is C15H32N2O4P2S. The lowest BCUT2D eigenvalue weighted by Crippen LogP contribution is -2.31. The molecule has 0 unspecified atom stereocenters. The van der Waals surface area contributed by atoms with Crippen LogP contribution in [0.5, 0.6) is 0 Å². The van der Waals surface area contributed by atoms with Gasteiger partial charge in [0.15, 0.2) is 7.29 Å². The molecule has 0 heterocycles. The van der Waals surface area contributed by atoms with Gasteiger partial charge in [0.2, 0.25) is 0 Å². The van der Waals surface area contributed by atoms with Crippen molar-refractivity contribution in [2.75, 3.05) is 44.9 Å². The topological polar surface area (TPSA) is 79.6 Å². The first-order valence-corrected chi connectivity index (χ1v) is 12.2. The van der Waals surface area contributed by atoms with Crippen LogP contribution < -0.4 is 0 Å². The second-order valence-electron chi connectivity index (χ2n) is 5.56. The van der Waals surface area contributed by atoms with Crippen molar-refractivity contribution >= 4 is 26.7 Å². The Balaban J connectivity index is 5.57. The predicted molar refractivity (Wildman–Crippen MR) is 103 cm³/mol. The molecule has 142 valence electrons. The maximum atomic E-state index is 13.7. The van der Waals surface area contributed by atoms with E-state index in [1.165, 1.54) is 4.67 Å². The van der Waals surface area contributed by atoms with Crippen molar-refractivity contribution in [1.29, 1.82) is 5.26 Å². The summed E-state index contributed by atoms with van der Waals surface area (Å²) in [5, 5.41) is 8.95. The van der Waals surface area contributed by atoms with Crippen LogP contribution in [0.25, 0.3) is 0 Å². The second-order valence-corrected chi connectivity index (χ2v) is 12.5. The van der Waals surface area contributed by atoms with E-state index < -0.39 is 27.5 Å². The first kappa shape index (κ1) is 17.6. The lowest BCUT2D eigenvalue weighted by molar-refractivity contribution is 0.277. The maximum absolute atomic E-state index is 13.7. The average Bonchev–Trinajstić information content (AvgIpc) is 2.59. The fraction of sp³-hybridized carbons (Fsp3) is 0.933. The molecule has 0 aliphatic heterocycles. The average molecular weight is 402 g/mol. The summed E-state index contributed by atoms with van der Waals surface area (Å²) in [5.41, 5.74) is -0.611. The Bertz CT molecular complexity index is 624. The van der Waals surface area contributed by atoms with Crippen LogP contribution in [0.1, 0.15) is 39.6 Å². The van der Waals surface area contributed by atoms with E-state index in [9.17, 15) is 9.13 Å². The molecule has 0 aromatic carbocycles. The van der Waals surface area contributed by atoms with Gasteiger partial charge in [-0.05, 0) is 0 Å². The van der Waals surface area contributed by atoms with E-state index in [4.69, 9.17) is 19.8 Å². The number of nitriles is 1. The van der Waals surface area contributed by atoms with E-state index in [0.29, 0.717) is 0 Å². The zero-order valence-electron chi connectivity index (χ0n) is 19.3. The van der Waals surface area contributed by atoms with E-state index in [0.717, 1.165) is 26.0 Å². The first-order chi connectivity index (χ1) is 12.7. The molecule has 0 atom stereocenters. The van der Waals surface area contributed by atoms with Crippen LogP contribution in [0, 0.1) is 11.3 Å². The van der Waals surface area contributed by atoms with Gasteiger partial charge in [-0.25, -0.2) is 0 Å². The van der Waals surface area contributed by atoms with Gasteiger partial charge in [0, 0.05) is 62.0 Å². The molecule has 0 saturated heterocycles. The van der Waals surface area contributed by atoms with Crippen molar-refractivity contribution in [2.45, 2.75) is 45.4 Å². The second kappa shape index (κ2) is 11.7. The lowest BCUT2D eigenvalue weighted by atomic mass is 10.5. The molecule has 0 spiro atoms. The van der Waals surface area contributed by atoms with Crippen LogP contribution >= 0.6 is 26.7 Å². The molecule has 0 saturated carbocycles. The van der Waals surface area contributed by atoms with Gasteiger partial charge < -0.3 is 13.6 Å². The Kier molecular flexibility index (Phi) is 8.60. The summed E-state index contributed by atoms with van der Waals surface area (Å²) in [4.78, 5) is 0. The number of hydrogen-bond acceptors (Lipinski definition) is 6. The van der Waals surface area contributed by atoms with Crippen LogP contribution in [-0.2, 0) is 18.2 Å². The molecule has 0 fully saturated rings. The first-order valence-electron chi connectivity index (χ1n) is 9.70. The minimum Gasteiger partial charge on any atom is -0.312 e. The van der Waals surface area contributed by atoms with Gasteiger partial charge in [-0.15, -0.1) is 0 Å². The van der Waals surface area contributed by atoms with Crippen molar-refractivity contribution in [3.8, 4) is 6.07 Å². The van der Waals surface area contributed by atoms with E-state index in [-0.39, 0.29) is 35.8 Å².